The highest BCUT2D eigenvalue weighted by atomic mass is 15.0. The first-order valence-corrected chi connectivity index (χ1v) is 20.6. The number of hydrogen-bond acceptors (Lipinski definition) is 3. The molecule has 1 aliphatic rings. The Labute approximate surface area is 350 Å². The van der Waals surface area contributed by atoms with E-state index in [1.54, 1.807) is 12.2 Å². The lowest BCUT2D eigenvalue weighted by atomic mass is 10.0. The minimum absolute atomic E-state index is 0.0721. The summed E-state index contributed by atoms with van der Waals surface area (Å²) in [6, 6.07) is 20.8. The lowest BCUT2D eigenvalue weighted by Gasteiger charge is -2.15. The van der Waals surface area contributed by atoms with Gasteiger partial charge in [0.05, 0.1) is 0 Å². The quantitative estimate of drug-likeness (QED) is 0.100. The first kappa shape index (κ1) is 48.0. The van der Waals surface area contributed by atoms with Gasteiger partial charge in [-0.3, -0.25) is 0 Å². The van der Waals surface area contributed by atoms with E-state index >= 15 is 0 Å². The monoisotopic (exact) mass is 771 g/mol. The molecule has 0 radical (unpaired) electrons. The number of allylic oxidation sites excluding steroid dienone is 16. The summed E-state index contributed by atoms with van der Waals surface area (Å²) in [4.78, 5) is 14.5. The maximum Gasteiger partial charge on any atom is 0.163 e. The molecule has 2 aromatic carbocycles. The average Bonchev–Trinajstić information content (AvgIpc) is 3.35. The van der Waals surface area contributed by atoms with Crippen molar-refractivity contribution in [2.75, 3.05) is 0 Å². The molecule has 0 N–H and O–H groups in total. The Morgan fingerprint density at radius 3 is 2.02 bits per heavy atom. The molecule has 1 unspecified atom stereocenters. The van der Waals surface area contributed by atoms with Crippen LogP contribution in [0.15, 0.2) is 159 Å². The zero-order valence-corrected chi connectivity index (χ0v) is 36.5. The smallest absolute Gasteiger partial charge is 0.163 e. The normalized spacial score (nSPS) is 13.3. The second-order valence-corrected chi connectivity index (χ2v) is 13.1. The molecule has 0 saturated carbocycles. The van der Waals surface area contributed by atoms with Gasteiger partial charge in [0.1, 0.15) is 5.82 Å². The molecule has 0 fully saturated rings. The third-order valence-corrected chi connectivity index (χ3v) is 8.87. The van der Waals surface area contributed by atoms with Gasteiger partial charge in [-0.1, -0.05) is 199 Å². The summed E-state index contributed by atoms with van der Waals surface area (Å²) in [7, 11) is 0. The topological polar surface area (TPSA) is 43.6 Å². The highest BCUT2D eigenvalue weighted by Gasteiger charge is 2.16. The van der Waals surface area contributed by atoms with Gasteiger partial charge in [0.15, 0.2) is 11.6 Å². The summed E-state index contributed by atoms with van der Waals surface area (Å²) in [6.07, 6.45) is 34.2. The van der Waals surface area contributed by atoms with Crippen LogP contribution in [-0.4, -0.2) is 19.5 Å². The van der Waals surface area contributed by atoms with Gasteiger partial charge in [-0.15, -0.1) is 6.58 Å². The van der Waals surface area contributed by atoms with E-state index in [1.807, 2.05) is 69.3 Å². The highest BCUT2D eigenvalue weighted by Crippen LogP contribution is 2.21. The van der Waals surface area contributed by atoms with Crippen LogP contribution in [0.3, 0.4) is 0 Å². The van der Waals surface area contributed by atoms with E-state index in [9.17, 15) is 0 Å². The molecule has 0 aliphatic heterocycles. The summed E-state index contributed by atoms with van der Waals surface area (Å²) in [6.45, 7) is 32.4. The van der Waals surface area contributed by atoms with Crippen molar-refractivity contribution in [2.45, 2.75) is 87.1 Å². The molecular weight excluding hydrogens is 705 g/mol. The summed E-state index contributed by atoms with van der Waals surface area (Å²) in [5, 5.41) is 2.15. The van der Waals surface area contributed by atoms with Gasteiger partial charge in [0, 0.05) is 51.9 Å². The van der Waals surface area contributed by atoms with Gasteiger partial charge in [0.25, 0.3) is 0 Å². The van der Waals surface area contributed by atoms with E-state index in [2.05, 4.69) is 157 Å². The number of hydrogen-bond donors (Lipinski definition) is 0. The van der Waals surface area contributed by atoms with Crippen LogP contribution in [-0.2, 0) is 12.8 Å². The van der Waals surface area contributed by atoms with Gasteiger partial charge in [-0.05, 0) is 57.7 Å². The Morgan fingerprint density at radius 2 is 1.48 bits per heavy atom. The molecule has 0 amide bonds. The first-order valence-electron chi connectivity index (χ1n) is 20.6. The molecule has 5 rings (SSSR count). The number of rotatable bonds is 13. The minimum atomic E-state index is 0.0721. The largest absolute Gasteiger partial charge is 0.338 e. The molecule has 4 heteroatoms. The third-order valence-electron chi connectivity index (χ3n) is 8.87. The second-order valence-electron chi connectivity index (χ2n) is 13.1. The van der Waals surface area contributed by atoms with Gasteiger partial charge in [0.2, 0.25) is 0 Å². The lowest BCUT2D eigenvalue weighted by molar-refractivity contribution is 0.620. The average molecular weight is 771 g/mol. The summed E-state index contributed by atoms with van der Waals surface area (Å²) in [5.74, 6) is 1.94. The molecule has 4 aromatic rings. The Bertz CT molecular complexity index is 2220. The predicted molar refractivity (Wildman–Crippen MR) is 257 cm³/mol. The summed E-state index contributed by atoms with van der Waals surface area (Å²) in [5.41, 5.74) is 7.94. The van der Waals surface area contributed by atoms with Crippen LogP contribution < -0.4 is 10.6 Å². The first-order chi connectivity index (χ1) is 28.3. The Kier molecular flexibility index (Phi) is 22.7. The van der Waals surface area contributed by atoms with Gasteiger partial charge < -0.3 is 4.57 Å². The summed E-state index contributed by atoms with van der Waals surface area (Å²) < 4.78 is 2.36. The number of nitrogens with zero attached hydrogens (tertiary/aromatic N) is 4. The molecule has 2 aromatic heterocycles. The van der Waals surface area contributed by atoms with Crippen molar-refractivity contribution in [2.24, 2.45) is 0 Å². The number of benzene rings is 2. The van der Waals surface area contributed by atoms with Gasteiger partial charge in [-0.2, -0.15) is 0 Å². The Balaban J connectivity index is 0.000000768. The summed E-state index contributed by atoms with van der Waals surface area (Å²) >= 11 is 0. The fourth-order valence-electron chi connectivity index (χ4n) is 6.06. The Hall–Kier alpha value is -6.13. The molecule has 1 aliphatic carbocycles. The fourth-order valence-corrected chi connectivity index (χ4v) is 6.06. The van der Waals surface area contributed by atoms with E-state index in [4.69, 9.17) is 15.0 Å². The van der Waals surface area contributed by atoms with E-state index in [-0.39, 0.29) is 6.04 Å². The van der Waals surface area contributed by atoms with Gasteiger partial charge >= 0.3 is 0 Å². The van der Waals surface area contributed by atoms with Crippen molar-refractivity contribution in [3.8, 4) is 0 Å². The van der Waals surface area contributed by atoms with Crippen LogP contribution in [0.25, 0.3) is 35.5 Å². The van der Waals surface area contributed by atoms with E-state index in [0.29, 0.717) is 23.9 Å². The van der Waals surface area contributed by atoms with Crippen molar-refractivity contribution < 1.29 is 0 Å². The number of aromatic nitrogens is 4. The molecule has 4 nitrogen and oxygen atoms in total. The van der Waals surface area contributed by atoms with Crippen LogP contribution in [0.1, 0.15) is 107 Å². The van der Waals surface area contributed by atoms with Crippen LogP contribution in [0.2, 0.25) is 0 Å². The van der Waals surface area contributed by atoms with Crippen molar-refractivity contribution >= 4 is 35.5 Å². The molecule has 302 valence electrons. The molecule has 1 atom stereocenters. The van der Waals surface area contributed by atoms with Gasteiger partial charge in [-0.25, -0.2) is 15.0 Å². The zero-order chi connectivity index (χ0) is 42.7. The molecule has 0 spiro atoms. The lowest BCUT2D eigenvalue weighted by Crippen LogP contribution is -2.30. The molecule has 0 bridgehead atoms. The van der Waals surface area contributed by atoms with Crippen molar-refractivity contribution in [1.29, 1.82) is 0 Å². The number of aryl methyl sites for hydroxylation is 1. The van der Waals surface area contributed by atoms with Crippen molar-refractivity contribution in [3.05, 3.63) is 210 Å². The van der Waals surface area contributed by atoms with Crippen LogP contribution in [0.5, 0.6) is 0 Å². The fraction of sp³-hybridized carbons (Fsp3) is 0.241. The zero-order valence-electron chi connectivity index (χ0n) is 36.5. The van der Waals surface area contributed by atoms with Crippen LogP contribution in [0, 0.1) is 6.92 Å². The Morgan fingerprint density at radius 1 is 0.845 bits per heavy atom. The van der Waals surface area contributed by atoms with Crippen LogP contribution >= 0.6 is 0 Å². The standard InChI is InChI=1S/C41H44N4.C7H8.C4H8.C2H6/c1-8-20-32(11-4)40-42-39(43-41(44-40)35(21-9-2)22-10-3)28-19-23-30(6)45-31(7)37(36-26-17-14-18-27-38(36)45)29-33(12-5)34-24-15-13-16-25-34;1-7-5-3-2-4-6-7;1-3-4-2;1-2/h8-9,11-26,29-30H,1,4,7,10,27-28H2,2-3,5-6H3;2-6H,1H3;3H,1,4H2,2H3;1-2H3/b21-9-,23-19-,32-20+,33-12+,35-22+,37-29+;;;. The third kappa shape index (κ3) is 14.7. The maximum absolute atomic E-state index is 4.86. The molecule has 58 heavy (non-hydrogen) atoms. The predicted octanol–water partition coefficient (Wildman–Crippen LogP) is 13.2. The van der Waals surface area contributed by atoms with E-state index in [1.165, 1.54) is 28.0 Å². The number of fused-ring (bicyclic) bond motifs is 1. The molecule has 2 heterocycles. The highest BCUT2D eigenvalue weighted by molar-refractivity contribution is 5.89. The minimum Gasteiger partial charge on any atom is -0.338 e. The molecule has 0 saturated heterocycles. The van der Waals surface area contributed by atoms with Crippen molar-refractivity contribution in [1.82, 2.24) is 19.5 Å². The van der Waals surface area contributed by atoms with Crippen molar-refractivity contribution in [3.63, 3.8) is 0 Å². The van der Waals surface area contributed by atoms with E-state index < -0.39 is 0 Å². The van der Waals surface area contributed by atoms with Crippen LogP contribution in [0.4, 0.5) is 0 Å². The maximum atomic E-state index is 4.86. The van der Waals surface area contributed by atoms with E-state index in [0.717, 1.165) is 41.0 Å². The molecular formula is C54H66N4. The second kappa shape index (κ2) is 27.5. The SMILES string of the molecule is C=C/C=C(\C=C)c1nc(C/C=C\C(C)n2c3c(/c(=C/C(=C\C)c4ccccc4)c2=C)C=CC=CC3)nc(C(/C=C\C)=C/CC)n1.C=CCC.CC.Cc1ccccc1.